The van der Waals surface area contributed by atoms with E-state index < -0.39 is 0 Å². The molecule has 0 atom stereocenters. The van der Waals surface area contributed by atoms with Crippen LogP contribution < -0.4 is 4.90 Å². The van der Waals surface area contributed by atoms with Crippen molar-refractivity contribution in [2.45, 2.75) is 32.7 Å². The molecule has 0 bridgehead atoms. The standard InChI is InChI=1S/C35H35N5O2/c1-3-42-32(41)19-18-28-25(2)29(24-36)34-37-30-16-10-11-17-31(30)40(34)35(28)39-22-20-38(21-23-39)33(26-12-6-4-7-13-26)27-14-8-5-9-15-27/h4-17,33H,3,18-23H2,1-2H3. The number of carbonyl (C=O) groups excluding carboxylic acids is 1. The number of hydrogen-bond acceptors (Lipinski definition) is 6. The van der Waals surface area contributed by atoms with Gasteiger partial charge >= 0.3 is 5.97 Å². The molecule has 6 rings (SSSR count). The van der Waals surface area contributed by atoms with Crippen molar-refractivity contribution in [1.82, 2.24) is 14.3 Å². The minimum atomic E-state index is -0.227. The highest BCUT2D eigenvalue weighted by Gasteiger charge is 2.30. The molecule has 1 aliphatic rings. The number of para-hydroxylation sites is 2. The quantitative estimate of drug-likeness (QED) is 0.216. The number of aromatic nitrogens is 2. The summed E-state index contributed by atoms with van der Waals surface area (Å²) in [5.41, 5.74) is 7.49. The third-order valence-corrected chi connectivity index (χ3v) is 8.30. The maximum atomic E-state index is 12.5. The van der Waals surface area contributed by atoms with Crippen LogP contribution in [0.5, 0.6) is 0 Å². The van der Waals surface area contributed by atoms with Crippen molar-refractivity contribution in [3.63, 3.8) is 0 Å². The SMILES string of the molecule is CCOC(=O)CCc1c(C)c(C#N)c2nc3ccccc3n2c1N1CCN(C(c2ccccc2)c2ccccc2)CC1. The summed E-state index contributed by atoms with van der Waals surface area (Å²) in [7, 11) is 0. The predicted octanol–water partition coefficient (Wildman–Crippen LogP) is 6.07. The van der Waals surface area contributed by atoms with Crippen molar-refractivity contribution >= 4 is 28.5 Å². The summed E-state index contributed by atoms with van der Waals surface area (Å²) < 4.78 is 7.41. The van der Waals surface area contributed by atoms with Crippen LogP contribution >= 0.6 is 0 Å². The Morgan fingerprint density at radius 1 is 0.929 bits per heavy atom. The minimum absolute atomic E-state index is 0.162. The average Bonchev–Trinajstić information content (AvgIpc) is 3.41. The Bertz CT molecular complexity index is 1710. The highest BCUT2D eigenvalue weighted by Crippen LogP contribution is 2.36. The molecule has 2 aromatic heterocycles. The number of hydrogen-bond donors (Lipinski definition) is 0. The number of anilines is 1. The normalized spacial score (nSPS) is 14.0. The Morgan fingerprint density at radius 3 is 2.17 bits per heavy atom. The fraction of sp³-hybridized carbons (Fsp3) is 0.286. The molecule has 0 radical (unpaired) electrons. The minimum Gasteiger partial charge on any atom is -0.466 e. The van der Waals surface area contributed by atoms with Crippen LogP contribution in [0.2, 0.25) is 0 Å². The van der Waals surface area contributed by atoms with E-state index in [0.717, 1.165) is 54.2 Å². The van der Waals surface area contributed by atoms with Gasteiger partial charge in [0.1, 0.15) is 11.9 Å². The number of ether oxygens (including phenoxy) is 1. The molecule has 212 valence electrons. The molecular weight excluding hydrogens is 522 g/mol. The number of rotatable bonds is 8. The third kappa shape index (κ3) is 5.10. The fourth-order valence-electron chi connectivity index (χ4n) is 6.33. The van der Waals surface area contributed by atoms with Gasteiger partial charge in [0, 0.05) is 32.6 Å². The van der Waals surface area contributed by atoms with Gasteiger partial charge in [-0.1, -0.05) is 72.8 Å². The fourth-order valence-corrected chi connectivity index (χ4v) is 6.33. The van der Waals surface area contributed by atoms with E-state index in [9.17, 15) is 10.1 Å². The Hall–Kier alpha value is -4.67. The number of pyridine rings is 1. The maximum Gasteiger partial charge on any atom is 0.306 e. The highest BCUT2D eigenvalue weighted by molar-refractivity contribution is 5.86. The third-order valence-electron chi connectivity index (χ3n) is 8.30. The summed E-state index contributed by atoms with van der Waals surface area (Å²) in [6.07, 6.45) is 0.753. The topological polar surface area (TPSA) is 73.9 Å². The Kier molecular flexibility index (Phi) is 7.89. The summed E-state index contributed by atoms with van der Waals surface area (Å²) >= 11 is 0. The van der Waals surface area contributed by atoms with E-state index in [4.69, 9.17) is 9.72 Å². The molecule has 42 heavy (non-hydrogen) atoms. The van der Waals surface area contributed by atoms with E-state index in [2.05, 4.69) is 87.0 Å². The summed E-state index contributed by atoms with van der Waals surface area (Å²) in [6, 6.07) is 32.0. The number of carbonyl (C=O) groups is 1. The lowest BCUT2D eigenvalue weighted by Crippen LogP contribution is -2.48. The smallest absolute Gasteiger partial charge is 0.306 e. The largest absolute Gasteiger partial charge is 0.466 e. The van der Waals surface area contributed by atoms with Crippen molar-refractivity contribution in [3.05, 3.63) is 113 Å². The van der Waals surface area contributed by atoms with Crippen molar-refractivity contribution < 1.29 is 9.53 Å². The zero-order valence-corrected chi connectivity index (χ0v) is 24.2. The van der Waals surface area contributed by atoms with Crippen LogP contribution in [0.3, 0.4) is 0 Å². The zero-order chi connectivity index (χ0) is 29.1. The van der Waals surface area contributed by atoms with E-state index in [-0.39, 0.29) is 18.4 Å². The zero-order valence-electron chi connectivity index (χ0n) is 24.2. The molecule has 0 N–H and O–H groups in total. The number of nitriles is 1. The molecule has 3 heterocycles. The molecule has 7 nitrogen and oxygen atoms in total. The summed E-state index contributed by atoms with van der Waals surface area (Å²) in [6.45, 7) is 7.48. The molecule has 0 amide bonds. The molecule has 0 saturated carbocycles. The van der Waals surface area contributed by atoms with Gasteiger partial charge in [-0.3, -0.25) is 14.1 Å². The predicted molar refractivity (Wildman–Crippen MR) is 166 cm³/mol. The Morgan fingerprint density at radius 2 is 1.55 bits per heavy atom. The Balaban J connectivity index is 1.41. The Labute approximate surface area is 246 Å². The van der Waals surface area contributed by atoms with Gasteiger partial charge in [-0.05, 0) is 54.7 Å². The van der Waals surface area contributed by atoms with Gasteiger partial charge in [-0.15, -0.1) is 0 Å². The van der Waals surface area contributed by atoms with Crippen LogP contribution in [0.15, 0.2) is 84.9 Å². The maximum absolute atomic E-state index is 12.5. The number of nitrogens with zero attached hydrogens (tertiary/aromatic N) is 5. The first-order chi connectivity index (χ1) is 20.6. The first-order valence-electron chi connectivity index (χ1n) is 14.7. The van der Waals surface area contributed by atoms with Crippen LogP contribution in [0.25, 0.3) is 16.7 Å². The van der Waals surface area contributed by atoms with Gasteiger partial charge in [0.05, 0.1) is 29.2 Å². The van der Waals surface area contributed by atoms with Crippen LogP contribution in [0.4, 0.5) is 5.82 Å². The van der Waals surface area contributed by atoms with E-state index >= 15 is 0 Å². The second-order valence-electron chi connectivity index (χ2n) is 10.7. The molecule has 0 unspecified atom stereocenters. The lowest BCUT2D eigenvalue weighted by atomic mass is 9.96. The molecule has 1 aliphatic heterocycles. The van der Waals surface area contributed by atoms with Crippen molar-refractivity contribution in [3.8, 4) is 6.07 Å². The van der Waals surface area contributed by atoms with E-state index in [0.29, 0.717) is 24.2 Å². The number of imidazole rings is 1. The monoisotopic (exact) mass is 557 g/mol. The molecule has 5 aromatic rings. The van der Waals surface area contributed by atoms with Gasteiger partial charge in [0.25, 0.3) is 0 Å². The summed E-state index contributed by atoms with van der Waals surface area (Å²) in [4.78, 5) is 22.3. The number of fused-ring (bicyclic) bond motifs is 3. The molecule has 0 spiro atoms. The van der Waals surface area contributed by atoms with Crippen molar-refractivity contribution in [1.29, 1.82) is 5.26 Å². The van der Waals surface area contributed by atoms with Crippen LogP contribution in [-0.4, -0.2) is 53.0 Å². The van der Waals surface area contributed by atoms with Gasteiger partial charge in [0.2, 0.25) is 0 Å². The van der Waals surface area contributed by atoms with Crippen LogP contribution in [0.1, 0.15) is 47.2 Å². The lowest BCUT2D eigenvalue weighted by molar-refractivity contribution is -0.143. The van der Waals surface area contributed by atoms with Crippen LogP contribution in [-0.2, 0) is 16.0 Å². The highest BCUT2D eigenvalue weighted by atomic mass is 16.5. The van der Waals surface area contributed by atoms with Gasteiger partial charge < -0.3 is 9.64 Å². The van der Waals surface area contributed by atoms with Gasteiger partial charge in [-0.2, -0.15) is 5.26 Å². The van der Waals surface area contributed by atoms with E-state index in [1.165, 1.54) is 11.1 Å². The second kappa shape index (κ2) is 12.1. The molecule has 1 saturated heterocycles. The first-order valence-corrected chi connectivity index (χ1v) is 14.7. The summed E-state index contributed by atoms with van der Waals surface area (Å²) in [5, 5.41) is 10.2. The molecule has 1 fully saturated rings. The van der Waals surface area contributed by atoms with Crippen LogP contribution in [0, 0.1) is 18.3 Å². The van der Waals surface area contributed by atoms with Crippen molar-refractivity contribution in [2.24, 2.45) is 0 Å². The number of benzene rings is 3. The molecule has 0 aliphatic carbocycles. The number of esters is 1. The van der Waals surface area contributed by atoms with Gasteiger partial charge in [0.15, 0.2) is 5.65 Å². The van der Waals surface area contributed by atoms with Crippen molar-refractivity contribution in [2.75, 3.05) is 37.7 Å². The lowest BCUT2D eigenvalue weighted by Gasteiger charge is -2.41. The summed E-state index contributed by atoms with van der Waals surface area (Å²) in [5.74, 6) is 0.797. The second-order valence-corrected chi connectivity index (χ2v) is 10.7. The van der Waals surface area contributed by atoms with Gasteiger partial charge in [-0.25, -0.2) is 4.98 Å². The molecular formula is C35H35N5O2. The van der Waals surface area contributed by atoms with E-state index in [1.807, 2.05) is 32.0 Å². The average molecular weight is 558 g/mol. The first kappa shape index (κ1) is 27.5. The molecule has 3 aromatic carbocycles. The number of piperazine rings is 1. The molecule has 7 heteroatoms. The van der Waals surface area contributed by atoms with E-state index in [1.54, 1.807) is 0 Å².